The number of hydrogen-bond donors (Lipinski definition) is 0. The molecular weight excluding hydrogens is 330 g/mol. The van der Waals surface area contributed by atoms with Crippen LogP contribution in [0.2, 0.25) is 0 Å². The number of carbonyl (C=O) groups excluding carboxylic acids is 1. The van der Waals surface area contributed by atoms with E-state index in [1.54, 1.807) is 11.8 Å². The molecule has 2 aromatic rings. The zero-order chi connectivity index (χ0) is 18.1. The molecule has 4 nitrogen and oxygen atoms in total. The van der Waals surface area contributed by atoms with Crippen molar-refractivity contribution in [3.63, 3.8) is 0 Å². The highest BCUT2D eigenvalue weighted by molar-refractivity contribution is 8.00. The molecule has 0 N–H and O–H groups in total. The molecule has 0 aliphatic heterocycles. The first kappa shape index (κ1) is 18.2. The molecule has 25 heavy (non-hydrogen) atoms. The van der Waals surface area contributed by atoms with Crippen molar-refractivity contribution >= 4 is 28.6 Å². The van der Waals surface area contributed by atoms with Gasteiger partial charge in [-0.2, -0.15) is 0 Å². The maximum absolute atomic E-state index is 13.0. The first-order chi connectivity index (χ1) is 11.9. The quantitative estimate of drug-likeness (QED) is 0.558. The Kier molecular flexibility index (Phi) is 5.32. The number of benzene rings is 1. The lowest BCUT2D eigenvalue weighted by Gasteiger charge is -2.32. The molecule has 1 amide bonds. The Balaban J connectivity index is 1.90. The minimum atomic E-state index is -0.171. The van der Waals surface area contributed by atoms with Crippen molar-refractivity contribution in [1.82, 2.24) is 14.9 Å². The van der Waals surface area contributed by atoms with E-state index in [1.165, 1.54) is 12.8 Å². The molecule has 134 valence electrons. The molecule has 1 aromatic heterocycles. The first-order valence-corrected chi connectivity index (χ1v) is 10.0. The number of thioether (sulfide) groups is 1. The van der Waals surface area contributed by atoms with Crippen molar-refractivity contribution < 1.29 is 4.79 Å². The largest absolute Gasteiger partial charge is 0.337 e. The predicted octanol–water partition coefficient (Wildman–Crippen LogP) is 4.63. The van der Waals surface area contributed by atoms with Crippen LogP contribution in [0, 0.1) is 0 Å². The third-order valence-corrected chi connectivity index (χ3v) is 5.62. The van der Waals surface area contributed by atoms with Crippen LogP contribution in [-0.4, -0.2) is 38.1 Å². The van der Waals surface area contributed by atoms with Crippen LogP contribution in [0.25, 0.3) is 10.9 Å². The molecule has 1 saturated carbocycles. The van der Waals surface area contributed by atoms with E-state index in [4.69, 9.17) is 9.97 Å². The Morgan fingerprint density at radius 2 is 1.72 bits per heavy atom. The predicted molar refractivity (Wildman–Crippen MR) is 104 cm³/mol. The van der Waals surface area contributed by atoms with Crippen LogP contribution in [0.3, 0.4) is 0 Å². The van der Waals surface area contributed by atoms with E-state index in [2.05, 4.69) is 27.7 Å². The molecule has 0 saturated heterocycles. The fourth-order valence-corrected chi connectivity index (χ4v) is 4.21. The molecule has 5 heteroatoms. The van der Waals surface area contributed by atoms with Crippen molar-refractivity contribution in [3.8, 4) is 0 Å². The minimum Gasteiger partial charge on any atom is -0.337 e. The molecule has 1 aliphatic rings. The van der Waals surface area contributed by atoms with E-state index in [1.807, 2.05) is 36.1 Å². The van der Waals surface area contributed by atoms with Gasteiger partial charge in [0.1, 0.15) is 10.9 Å². The highest BCUT2D eigenvalue weighted by Crippen LogP contribution is 2.40. The fourth-order valence-electron chi connectivity index (χ4n) is 3.21. The molecule has 0 radical (unpaired) electrons. The molecule has 1 aromatic carbocycles. The van der Waals surface area contributed by atoms with Crippen molar-refractivity contribution in [2.24, 2.45) is 0 Å². The lowest BCUT2D eigenvalue weighted by atomic mass is 10.2. The molecule has 0 bridgehead atoms. The van der Waals surface area contributed by atoms with Crippen molar-refractivity contribution in [1.29, 1.82) is 0 Å². The molecule has 1 atom stereocenters. The van der Waals surface area contributed by atoms with Gasteiger partial charge in [-0.05, 0) is 53.5 Å². The Labute approximate surface area is 154 Å². The molecular formula is C20H27N3OS. The number of aromatic nitrogens is 2. The second kappa shape index (κ2) is 7.32. The fraction of sp³-hybridized carbons (Fsp3) is 0.550. The SMILES string of the molecule is CC(Sc1nc(C2CC2)nc2ccccc12)C(=O)N(C(C)C)C(C)C. The highest BCUT2D eigenvalue weighted by atomic mass is 32.2. The van der Waals surface area contributed by atoms with Crippen LogP contribution in [-0.2, 0) is 4.79 Å². The summed E-state index contributed by atoms with van der Waals surface area (Å²) in [5.41, 5.74) is 0.978. The van der Waals surface area contributed by atoms with Gasteiger partial charge in [-0.1, -0.05) is 30.0 Å². The van der Waals surface area contributed by atoms with Crippen LogP contribution in [0.1, 0.15) is 59.2 Å². The average molecular weight is 358 g/mol. The minimum absolute atomic E-state index is 0.171. The lowest BCUT2D eigenvalue weighted by molar-refractivity contribution is -0.133. The third-order valence-electron chi connectivity index (χ3n) is 4.53. The summed E-state index contributed by atoms with van der Waals surface area (Å²) in [7, 11) is 0. The van der Waals surface area contributed by atoms with Gasteiger partial charge >= 0.3 is 0 Å². The summed E-state index contributed by atoms with van der Waals surface area (Å²) in [4.78, 5) is 24.5. The van der Waals surface area contributed by atoms with Gasteiger partial charge in [-0.25, -0.2) is 9.97 Å². The summed E-state index contributed by atoms with van der Waals surface area (Å²) in [6.07, 6.45) is 2.34. The molecule has 1 unspecified atom stereocenters. The van der Waals surface area contributed by atoms with Crippen molar-refractivity contribution in [3.05, 3.63) is 30.1 Å². The highest BCUT2D eigenvalue weighted by Gasteiger charge is 2.30. The maximum atomic E-state index is 13.0. The van der Waals surface area contributed by atoms with Crippen LogP contribution in [0.4, 0.5) is 0 Å². The van der Waals surface area contributed by atoms with E-state index in [9.17, 15) is 4.79 Å². The lowest BCUT2D eigenvalue weighted by Crippen LogP contribution is -2.45. The summed E-state index contributed by atoms with van der Waals surface area (Å²) in [5.74, 6) is 1.61. The van der Waals surface area contributed by atoms with Gasteiger partial charge in [-0.15, -0.1) is 0 Å². The van der Waals surface area contributed by atoms with Crippen molar-refractivity contribution in [2.45, 2.75) is 75.7 Å². The number of para-hydroxylation sites is 1. The Morgan fingerprint density at radius 1 is 1.08 bits per heavy atom. The monoisotopic (exact) mass is 357 g/mol. The average Bonchev–Trinajstić information content (AvgIpc) is 3.38. The summed E-state index contributed by atoms with van der Waals surface area (Å²) in [6.45, 7) is 10.3. The normalized spacial score (nSPS) is 15.8. The van der Waals surface area contributed by atoms with Gasteiger partial charge in [0.05, 0.1) is 10.8 Å². The molecule has 0 spiro atoms. The maximum Gasteiger partial charge on any atom is 0.236 e. The molecule has 1 aliphatic carbocycles. The topological polar surface area (TPSA) is 46.1 Å². The van der Waals surface area contributed by atoms with Gasteiger partial charge in [0.25, 0.3) is 0 Å². The summed E-state index contributed by atoms with van der Waals surface area (Å²) in [6, 6.07) is 8.49. The van der Waals surface area contributed by atoms with Gasteiger partial charge in [0.15, 0.2) is 0 Å². The number of amides is 1. The van der Waals surface area contributed by atoms with E-state index in [0.717, 1.165) is 21.8 Å². The summed E-state index contributed by atoms with van der Waals surface area (Å²) >= 11 is 1.56. The van der Waals surface area contributed by atoms with Crippen LogP contribution in [0.15, 0.2) is 29.3 Å². The van der Waals surface area contributed by atoms with E-state index in [0.29, 0.717) is 5.92 Å². The third kappa shape index (κ3) is 3.97. The second-order valence-electron chi connectivity index (χ2n) is 7.37. The van der Waals surface area contributed by atoms with Gasteiger partial charge in [0.2, 0.25) is 5.91 Å². The summed E-state index contributed by atoms with van der Waals surface area (Å²) < 4.78 is 0. The number of rotatable bonds is 6. The summed E-state index contributed by atoms with van der Waals surface area (Å²) in [5, 5.41) is 1.80. The standard InChI is InChI=1S/C20H27N3OS/c1-12(2)23(13(3)4)20(24)14(5)25-19-16-8-6-7-9-17(16)21-18(22-19)15-10-11-15/h6-9,12-15H,10-11H2,1-5H3. The number of nitrogens with zero attached hydrogens (tertiary/aromatic N) is 3. The van der Waals surface area contributed by atoms with E-state index >= 15 is 0 Å². The molecule has 3 rings (SSSR count). The Morgan fingerprint density at radius 3 is 2.32 bits per heavy atom. The van der Waals surface area contributed by atoms with E-state index in [-0.39, 0.29) is 23.2 Å². The van der Waals surface area contributed by atoms with Crippen LogP contribution in [0.5, 0.6) is 0 Å². The van der Waals surface area contributed by atoms with Crippen LogP contribution < -0.4 is 0 Å². The number of hydrogen-bond acceptors (Lipinski definition) is 4. The smallest absolute Gasteiger partial charge is 0.236 e. The number of fused-ring (bicyclic) bond motifs is 1. The first-order valence-electron chi connectivity index (χ1n) is 9.14. The zero-order valence-corrected chi connectivity index (χ0v) is 16.5. The zero-order valence-electron chi connectivity index (χ0n) is 15.7. The molecule has 1 heterocycles. The van der Waals surface area contributed by atoms with Gasteiger partial charge in [0, 0.05) is 23.4 Å². The molecule has 1 fully saturated rings. The Hall–Kier alpha value is -1.62. The second-order valence-corrected chi connectivity index (χ2v) is 8.70. The van der Waals surface area contributed by atoms with Crippen molar-refractivity contribution in [2.75, 3.05) is 0 Å². The van der Waals surface area contributed by atoms with Gasteiger partial charge in [-0.3, -0.25) is 4.79 Å². The van der Waals surface area contributed by atoms with E-state index < -0.39 is 0 Å². The number of carbonyl (C=O) groups is 1. The van der Waals surface area contributed by atoms with Gasteiger partial charge < -0.3 is 4.90 Å². The van der Waals surface area contributed by atoms with Crippen LogP contribution >= 0.6 is 11.8 Å². The Bertz CT molecular complexity index is 763.